The lowest BCUT2D eigenvalue weighted by atomic mass is 9.85. The van der Waals surface area contributed by atoms with Crippen molar-refractivity contribution in [1.29, 1.82) is 0 Å². The van der Waals surface area contributed by atoms with E-state index >= 15 is 28.8 Å². The first-order valence-electron chi connectivity index (χ1n) is 41.0. The smallest absolute Gasteiger partial charge is 0.326 e. The minimum Gasteiger partial charge on any atom is -0.491 e. The molecule has 0 spiro atoms. The molecule has 9 amide bonds. The number of carboxylic acid groups (broad SMARTS) is 1. The fraction of sp³-hybridized carbons (Fsp3) is 0.420. The second kappa shape index (κ2) is 38.1. The van der Waals surface area contributed by atoms with Gasteiger partial charge in [0.1, 0.15) is 84.8 Å². The summed E-state index contributed by atoms with van der Waals surface area (Å²) in [6.45, 7) is 14.1. The van der Waals surface area contributed by atoms with Crippen LogP contribution in [0.1, 0.15) is 108 Å². The predicted molar refractivity (Wildman–Crippen MR) is 450 cm³/mol. The highest BCUT2D eigenvalue weighted by atomic mass is 16.5. The molecule has 9 heterocycles. The Balaban J connectivity index is 0.835. The molecule has 11 N–H and O–H groups in total. The molecule has 122 heavy (non-hydrogen) atoms. The number of tetrazole rings is 1. The Morgan fingerprint density at radius 2 is 1.05 bits per heavy atom. The van der Waals surface area contributed by atoms with Gasteiger partial charge in [-0.2, -0.15) is 5.11 Å². The lowest BCUT2D eigenvalue weighted by Crippen LogP contribution is -2.61. The maximum absolute atomic E-state index is 15.7. The van der Waals surface area contributed by atoms with Gasteiger partial charge in [0.25, 0.3) is 0 Å². The number of carbonyl (C=O) groups is 10. The van der Waals surface area contributed by atoms with E-state index in [-0.39, 0.29) is 77.9 Å². The van der Waals surface area contributed by atoms with Gasteiger partial charge in [-0.3, -0.25) is 48.2 Å². The van der Waals surface area contributed by atoms with Crippen molar-refractivity contribution in [2.45, 2.75) is 186 Å². The van der Waals surface area contributed by atoms with Gasteiger partial charge in [0.2, 0.25) is 53.2 Å². The molecule has 0 radical (unpaired) electrons. The number of likely N-dealkylation sites (N-methyl/N-ethyl adjacent to an activating group) is 2. The van der Waals surface area contributed by atoms with Crippen molar-refractivity contribution in [2.24, 2.45) is 21.2 Å². The van der Waals surface area contributed by atoms with Gasteiger partial charge < -0.3 is 72.2 Å². The summed E-state index contributed by atoms with van der Waals surface area (Å²) in [7, 11) is 3.24. The van der Waals surface area contributed by atoms with E-state index in [0.717, 1.165) is 21.5 Å². The normalized spacial score (nSPS) is 21.8. The number of aromatic nitrogens is 7. The second-order valence-corrected chi connectivity index (χ2v) is 33.9. The molecule has 2 aromatic heterocycles. The third-order valence-electron chi connectivity index (χ3n) is 22.9. The fourth-order valence-corrected chi connectivity index (χ4v) is 15.5. The SMILES string of the molecule is CNC(C)C(=O)NC(C(=O)N1CC2CC1C(=O)NC(Cc1ccc3ccccc3c1)C(=O)NC(C(=O)O)Cc1ccc(cc1)OCC1CN(N=N1)C1CC(C(=O)NC(Cc3ccc4ccccc4c3)C(=O)NC(C(=O)NCc3ccc(-c4nnn[nH]4)cc3)Cc3ccc(cc3)OCc3cn2nn3)N(C(=O)C(NC(=O)C(C)NC)C(C)(C)C)C1)C(C)(C)C. The molecule has 0 aliphatic carbocycles. The highest BCUT2D eigenvalue weighted by molar-refractivity contribution is 5.99. The van der Waals surface area contributed by atoms with Gasteiger partial charge >= 0.3 is 5.97 Å². The van der Waals surface area contributed by atoms with Crippen LogP contribution in [0.25, 0.3) is 32.9 Å². The van der Waals surface area contributed by atoms with Gasteiger partial charge in [-0.25, -0.2) is 14.6 Å². The number of amides is 9. The number of likely N-dealkylation sites (tertiary alicyclic amines) is 2. The van der Waals surface area contributed by atoms with Crippen LogP contribution < -0.4 is 57.3 Å². The number of hydrogen-bond donors (Lipinski definition) is 11. The highest BCUT2D eigenvalue weighted by Crippen LogP contribution is 2.35. The van der Waals surface area contributed by atoms with E-state index in [1.807, 2.05) is 106 Å². The molecule has 9 aromatic rings. The summed E-state index contributed by atoms with van der Waals surface area (Å²) in [5, 5.41) is 74.8. The molecule has 7 aliphatic heterocycles. The molecule has 7 aliphatic rings. The Labute approximate surface area is 705 Å². The van der Waals surface area contributed by atoms with Crippen LogP contribution in [-0.2, 0) is 86.8 Å². The lowest BCUT2D eigenvalue weighted by molar-refractivity contribution is -0.145. The van der Waals surface area contributed by atoms with Crippen LogP contribution in [0.15, 0.2) is 174 Å². The number of carboxylic acids is 1. The minimum atomic E-state index is -1.51. The summed E-state index contributed by atoms with van der Waals surface area (Å²) < 4.78 is 14.2. The third-order valence-corrected chi connectivity index (χ3v) is 22.9. The average molecular weight is 1660 g/mol. The van der Waals surface area contributed by atoms with Crippen LogP contribution in [0.2, 0.25) is 0 Å². The number of hydrogen-bond acceptors (Lipinski definition) is 22. The molecule has 0 saturated carbocycles. The summed E-state index contributed by atoms with van der Waals surface area (Å²) in [5.41, 5.74) is 2.39. The number of H-pyrrole nitrogens is 1. The quantitative estimate of drug-likeness (QED) is 0.0584. The second-order valence-electron chi connectivity index (χ2n) is 33.9. The van der Waals surface area contributed by atoms with Gasteiger partial charge in [0.15, 0.2) is 5.82 Å². The van der Waals surface area contributed by atoms with Crippen molar-refractivity contribution in [1.82, 2.24) is 98.3 Å². The van der Waals surface area contributed by atoms with E-state index in [0.29, 0.717) is 56.4 Å². The fourth-order valence-electron chi connectivity index (χ4n) is 15.5. The van der Waals surface area contributed by atoms with E-state index in [2.05, 4.69) is 89.1 Å². The van der Waals surface area contributed by atoms with Crippen molar-refractivity contribution in [3.8, 4) is 22.9 Å². The molecule has 12 bridgehead atoms. The van der Waals surface area contributed by atoms with Crippen LogP contribution in [0.3, 0.4) is 0 Å². The van der Waals surface area contributed by atoms with Gasteiger partial charge in [0.05, 0.1) is 36.9 Å². The van der Waals surface area contributed by atoms with E-state index in [4.69, 9.17) is 9.47 Å². The number of rotatable bonds is 17. The molecule has 34 heteroatoms. The zero-order valence-electron chi connectivity index (χ0n) is 69.8. The summed E-state index contributed by atoms with van der Waals surface area (Å²) in [6.07, 6.45) is 1.17. The van der Waals surface area contributed by atoms with Crippen molar-refractivity contribution in [3.63, 3.8) is 0 Å². The monoisotopic (exact) mass is 1660 g/mol. The maximum atomic E-state index is 15.7. The first kappa shape index (κ1) is 86.7. The van der Waals surface area contributed by atoms with Crippen LogP contribution >= 0.6 is 0 Å². The largest absolute Gasteiger partial charge is 0.491 e. The van der Waals surface area contributed by atoms with E-state index in [1.165, 1.54) is 14.5 Å². The molecule has 13 atom stereocenters. The first-order valence-corrected chi connectivity index (χ1v) is 41.0. The molecule has 2 fully saturated rings. The zero-order chi connectivity index (χ0) is 86.7. The molecule has 13 unspecified atom stereocenters. The molecule has 640 valence electrons. The van der Waals surface area contributed by atoms with Crippen molar-refractivity contribution in [3.05, 3.63) is 197 Å². The summed E-state index contributed by atoms with van der Waals surface area (Å²) in [6, 6.07) is 33.6. The molecule has 34 nitrogen and oxygen atoms in total. The number of nitrogens with zero attached hydrogens (tertiary/aromatic N) is 11. The average Bonchev–Trinajstić information content (AvgIpc) is 1.63. The summed E-state index contributed by atoms with van der Waals surface area (Å²) >= 11 is 0. The van der Waals surface area contributed by atoms with Crippen molar-refractivity contribution >= 4 is 80.7 Å². The van der Waals surface area contributed by atoms with Gasteiger partial charge in [-0.15, -0.1) is 10.2 Å². The number of aromatic amines is 1. The Kier molecular flexibility index (Phi) is 27.1. The van der Waals surface area contributed by atoms with Crippen molar-refractivity contribution in [2.75, 3.05) is 40.3 Å². The number of nitrogens with one attached hydrogen (secondary N) is 10. The standard InChI is InChI=1S/C88H105N21O13/c1-50(89-9)77(110)96-74(87(3,4)5)84(117)106-46-64-41-72(106)82(115)93-69(39-55-21-27-57-15-11-13-17-60(57)35-55)80(113)92-68(79(112)91-43-54-19-29-59(30-20-54)76-100-102-103-101-76)37-52-23-31-66(32-24-52)121-48-62-44-109(104-98-62)65-42-73(107(47-65)85(118)75(88(6,7)8)97-78(111)51(2)90-10)83(116)94-70(40-56-22-28-58-16-12-14-18-61(58)36-56)81(114)95-71(86(119)120)38-53-25-33-67(34-26-53)122-49-63-45-108(64)105-99-63/h11-36,44,50-51,63-65,68-75,89-90H,37-43,45-49H2,1-10H3,(H,91,112)(H,92,113)(H,93,115)(H,94,116)(H,95,114)(H,96,110)(H,97,111)(H,119,120)(H,100,101,102,103). The van der Waals surface area contributed by atoms with Crippen LogP contribution in [-0.4, -0.2) is 228 Å². The first-order chi connectivity index (χ1) is 58.4. The number of ether oxygens (including phenoxy) is 2. The zero-order valence-corrected chi connectivity index (χ0v) is 69.8. The highest BCUT2D eigenvalue weighted by Gasteiger charge is 2.50. The third kappa shape index (κ3) is 21.4. The minimum absolute atomic E-state index is 0.00662. The Morgan fingerprint density at radius 3 is 1.56 bits per heavy atom. The van der Waals surface area contributed by atoms with Crippen LogP contribution in [0.4, 0.5) is 0 Å². The number of aliphatic carboxylic acids is 1. The van der Waals surface area contributed by atoms with E-state index in [9.17, 15) is 24.3 Å². The Bertz CT molecular complexity index is 5310. The maximum Gasteiger partial charge on any atom is 0.326 e. The van der Waals surface area contributed by atoms with Crippen LogP contribution in [0, 0.1) is 10.8 Å². The van der Waals surface area contributed by atoms with Crippen LogP contribution in [0.5, 0.6) is 11.5 Å². The number of benzene rings is 7. The number of carbonyl (C=O) groups excluding carboxylic acids is 9. The lowest BCUT2D eigenvalue weighted by Gasteiger charge is -2.36. The molecular formula is C88H105N21O13. The van der Waals surface area contributed by atoms with Crippen molar-refractivity contribution < 1.29 is 62.5 Å². The van der Waals surface area contributed by atoms with E-state index < -0.39 is 149 Å². The summed E-state index contributed by atoms with van der Waals surface area (Å²) in [4.78, 5) is 151. The molecular weight excluding hydrogens is 1560 g/mol. The van der Waals surface area contributed by atoms with Gasteiger partial charge in [-0.1, -0.05) is 185 Å². The molecule has 7 aromatic carbocycles. The Hall–Kier alpha value is -13.1. The summed E-state index contributed by atoms with van der Waals surface area (Å²) in [5.74, 6) is -5.69. The molecule has 2 saturated heterocycles. The molecule has 16 rings (SSSR count). The Morgan fingerprint density at radius 1 is 0.557 bits per heavy atom. The van der Waals surface area contributed by atoms with Gasteiger partial charge in [0, 0.05) is 63.7 Å². The topological polar surface area (TPSA) is 437 Å². The van der Waals surface area contributed by atoms with Gasteiger partial charge in [-0.05, 0) is 123 Å². The predicted octanol–water partition coefficient (Wildman–Crippen LogP) is 4.79. The van der Waals surface area contributed by atoms with E-state index in [1.54, 1.807) is 133 Å². The number of fused-ring (bicyclic) bond motifs is 2.